The van der Waals surface area contributed by atoms with Crippen LogP contribution < -0.4 is 5.32 Å². The van der Waals surface area contributed by atoms with Gasteiger partial charge < -0.3 is 10.2 Å². The number of nitrogens with zero attached hydrogens (tertiary/aromatic N) is 1. The Morgan fingerprint density at radius 1 is 1.37 bits per heavy atom. The van der Waals surface area contributed by atoms with Gasteiger partial charge in [0, 0.05) is 29.6 Å². The van der Waals surface area contributed by atoms with E-state index in [9.17, 15) is 4.79 Å². The summed E-state index contributed by atoms with van der Waals surface area (Å²) < 4.78 is 1.03. The van der Waals surface area contributed by atoms with Crippen molar-refractivity contribution in [3.05, 3.63) is 34.3 Å². The van der Waals surface area contributed by atoms with E-state index in [2.05, 4.69) is 26.1 Å². The van der Waals surface area contributed by atoms with E-state index in [0.29, 0.717) is 18.5 Å². The molecule has 1 saturated carbocycles. The minimum atomic E-state index is 0.269. The number of carbonyl (C=O) groups excluding carboxylic acids is 1. The number of nitrogens with one attached hydrogen (secondary N) is 1. The number of rotatable bonds is 2. The van der Waals surface area contributed by atoms with Crippen LogP contribution >= 0.6 is 15.9 Å². The molecule has 0 bridgehead atoms. The molecule has 1 saturated heterocycles. The summed E-state index contributed by atoms with van der Waals surface area (Å²) in [6.07, 6.45) is 4.11. The summed E-state index contributed by atoms with van der Waals surface area (Å²) in [4.78, 5) is 14.6. The van der Waals surface area contributed by atoms with Crippen molar-refractivity contribution in [3.8, 4) is 0 Å². The largest absolute Gasteiger partial charge is 0.337 e. The summed E-state index contributed by atoms with van der Waals surface area (Å²) in [5, 5.41) is 3.54. The van der Waals surface area contributed by atoms with Crippen molar-refractivity contribution in [2.75, 3.05) is 13.1 Å². The molecule has 2 atom stereocenters. The van der Waals surface area contributed by atoms with Gasteiger partial charge in [-0.2, -0.15) is 0 Å². The highest BCUT2D eigenvalue weighted by molar-refractivity contribution is 9.10. The number of halogens is 1. The fourth-order valence-corrected chi connectivity index (χ4v) is 3.73. The second-order valence-corrected chi connectivity index (χ2v) is 6.27. The molecule has 1 aromatic rings. The Morgan fingerprint density at radius 2 is 2.21 bits per heavy atom. The molecule has 0 aromatic heterocycles. The summed E-state index contributed by atoms with van der Waals surface area (Å²) in [6.45, 7) is 1.79. The van der Waals surface area contributed by atoms with Gasteiger partial charge in [0.2, 0.25) is 5.91 Å². The van der Waals surface area contributed by atoms with Crippen molar-refractivity contribution in [1.82, 2.24) is 10.2 Å². The Balaban J connectivity index is 1.71. The fraction of sp³-hybridized carbons (Fsp3) is 0.533. The van der Waals surface area contributed by atoms with Crippen molar-refractivity contribution >= 4 is 21.8 Å². The smallest absolute Gasteiger partial charge is 0.227 e. The Hall–Kier alpha value is -0.870. The molecule has 0 spiro atoms. The van der Waals surface area contributed by atoms with Gasteiger partial charge in [0.15, 0.2) is 0 Å². The first-order valence-corrected chi connectivity index (χ1v) is 7.81. The summed E-state index contributed by atoms with van der Waals surface area (Å²) in [7, 11) is 0. The molecule has 1 aliphatic carbocycles. The lowest BCUT2D eigenvalue weighted by molar-refractivity contribution is -0.134. The summed E-state index contributed by atoms with van der Waals surface area (Å²) in [6, 6.07) is 8.94. The van der Waals surface area contributed by atoms with Gasteiger partial charge in [0.25, 0.3) is 0 Å². The Bertz CT molecular complexity index is 477. The van der Waals surface area contributed by atoms with Crippen molar-refractivity contribution in [3.63, 3.8) is 0 Å². The molecule has 2 unspecified atom stereocenters. The lowest BCUT2D eigenvalue weighted by Crippen LogP contribution is -2.57. The number of piperazine rings is 1. The average molecular weight is 323 g/mol. The first-order valence-electron chi connectivity index (χ1n) is 7.02. The first kappa shape index (κ1) is 13.1. The number of carbonyl (C=O) groups is 1. The van der Waals surface area contributed by atoms with E-state index in [1.165, 1.54) is 12.8 Å². The normalized spacial score (nSPS) is 26.3. The molecule has 102 valence electrons. The van der Waals surface area contributed by atoms with E-state index in [1.54, 1.807) is 0 Å². The maximum Gasteiger partial charge on any atom is 0.227 e. The first-order chi connectivity index (χ1) is 9.25. The molecule has 1 amide bonds. The van der Waals surface area contributed by atoms with Crippen molar-refractivity contribution in [1.29, 1.82) is 0 Å². The molecule has 2 fully saturated rings. The molecule has 2 aliphatic rings. The molecular formula is C15H19BrN2O. The van der Waals surface area contributed by atoms with Crippen molar-refractivity contribution in [2.24, 2.45) is 0 Å². The van der Waals surface area contributed by atoms with E-state index >= 15 is 0 Å². The lowest BCUT2D eigenvalue weighted by atomic mass is 10.1. The third kappa shape index (κ3) is 2.70. The zero-order chi connectivity index (χ0) is 13.2. The second kappa shape index (κ2) is 5.63. The van der Waals surface area contributed by atoms with Crippen LogP contribution in [0.2, 0.25) is 0 Å². The fourth-order valence-electron chi connectivity index (χ4n) is 3.30. The molecule has 19 heavy (non-hydrogen) atoms. The minimum Gasteiger partial charge on any atom is -0.337 e. The van der Waals surface area contributed by atoms with Gasteiger partial charge in [0.05, 0.1) is 6.42 Å². The molecule has 1 aliphatic heterocycles. The number of benzene rings is 1. The summed E-state index contributed by atoms with van der Waals surface area (Å²) in [5.41, 5.74) is 1.08. The van der Waals surface area contributed by atoms with Crippen LogP contribution in [0.25, 0.3) is 0 Å². The van der Waals surface area contributed by atoms with Gasteiger partial charge in [-0.3, -0.25) is 4.79 Å². The highest BCUT2D eigenvalue weighted by Gasteiger charge is 2.36. The topological polar surface area (TPSA) is 32.3 Å². The van der Waals surface area contributed by atoms with Gasteiger partial charge in [-0.25, -0.2) is 0 Å². The monoisotopic (exact) mass is 322 g/mol. The van der Waals surface area contributed by atoms with Crippen LogP contribution in [-0.4, -0.2) is 36.0 Å². The predicted molar refractivity (Wildman–Crippen MR) is 79.0 cm³/mol. The zero-order valence-corrected chi connectivity index (χ0v) is 12.5. The molecule has 3 nitrogen and oxygen atoms in total. The Labute approximate surface area is 122 Å². The Morgan fingerprint density at radius 3 is 3.05 bits per heavy atom. The van der Waals surface area contributed by atoms with Crippen LogP contribution in [0.15, 0.2) is 28.7 Å². The third-order valence-electron chi connectivity index (χ3n) is 4.26. The van der Waals surface area contributed by atoms with Crippen LogP contribution in [0.4, 0.5) is 0 Å². The maximum absolute atomic E-state index is 12.5. The van der Waals surface area contributed by atoms with Crippen molar-refractivity contribution < 1.29 is 4.79 Å². The standard InChI is InChI=1S/C15H19BrN2O/c16-12-5-2-1-4-11(12)10-15(19)18-9-8-17-13-6-3-7-14(13)18/h1-2,4-5,13-14,17H,3,6-10H2. The predicted octanol–water partition coefficient (Wildman–Crippen LogP) is 2.34. The van der Waals surface area contributed by atoms with Gasteiger partial charge in [0.1, 0.15) is 0 Å². The van der Waals surface area contributed by atoms with Gasteiger partial charge in [-0.1, -0.05) is 34.1 Å². The third-order valence-corrected chi connectivity index (χ3v) is 5.03. The van der Waals surface area contributed by atoms with Crippen LogP contribution in [-0.2, 0) is 11.2 Å². The van der Waals surface area contributed by atoms with Gasteiger partial charge in [-0.15, -0.1) is 0 Å². The summed E-state index contributed by atoms with van der Waals surface area (Å²) in [5.74, 6) is 0.269. The van der Waals surface area contributed by atoms with Crippen LogP contribution in [0, 0.1) is 0 Å². The quantitative estimate of drug-likeness (QED) is 0.906. The van der Waals surface area contributed by atoms with Gasteiger partial charge >= 0.3 is 0 Å². The van der Waals surface area contributed by atoms with Gasteiger partial charge in [-0.05, 0) is 30.9 Å². The van der Waals surface area contributed by atoms with Crippen LogP contribution in [0.3, 0.4) is 0 Å². The molecule has 1 aromatic carbocycles. The highest BCUT2D eigenvalue weighted by Crippen LogP contribution is 2.27. The highest BCUT2D eigenvalue weighted by atomic mass is 79.9. The molecule has 4 heteroatoms. The second-order valence-electron chi connectivity index (χ2n) is 5.41. The van der Waals surface area contributed by atoms with Crippen molar-refractivity contribution in [2.45, 2.75) is 37.8 Å². The number of amides is 1. The van der Waals surface area contributed by atoms with Crippen LogP contribution in [0.5, 0.6) is 0 Å². The number of hydrogen-bond donors (Lipinski definition) is 1. The average Bonchev–Trinajstić information content (AvgIpc) is 2.89. The van der Waals surface area contributed by atoms with Crippen LogP contribution in [0.1, 0.15) is 24.8 Å². The maximum atomic E-state index is 12.5. The minimum absolute atomic E-state index is 0.269. The lowest BCUT2D eigenvalue weighted by Gasteiger charge is -2.38. The molecule has 1 N–H and O–H groups in total. The molecule has 3 rings (SSSR count). The van der Waals surface area contributed by atoms with E-state index < -0.39 is 0 Å². The van der Waals surface area contributed by atoms with E-state index in [0.717, 1.165) is 29.5 Å². The van der Waals surface area contributed by atoms with E-state index in [1.807, 2.05) is 24.3 Å². The molecular weight excluding hydrogens is 304 g/mol. The zero-order valence-electron chi connectivity index (χ0n) is 10.9. The number of hydrogen-bond acceptors (Lipinski definition) is 2. The summed E-state index contributed by atoms with van der Waals surface area (Å²) >= 11 is 3.52. The van der Waals surface area contributed by atoms with E-state index in [-0.39, 0.29) is 5.91 Å². The molecule has 1 heterocycles. The molecule has 0 radical (unpaired) electrons. The SMILES string of the molecule is O=C(Cc1ccccc1Br)N1CCNC2CCCC21. The Kier molecular flexibility index (Phi) is 3.89. The van der Waals surface area contributed by atoms with E-state index in [4.69, 9.17) is 0 Å². The number of fused-ring (bicyclic) bond motifs is 1.